The van der Waals surface area contributed by atoms with E-state index in [0.717, 1.165) is 29.8 Å². The lowest BCUT2D eigenvalue weighted by atomic mass is 10.1. The molecule has 0 radical (unpaired) electrons. The summed E-state index contributed by atoms with van der Waals surface area (Å²) in [5.41, 5.74) is 2.56. The van der Waals surface area contributed by atoms with Gasteiger partial charge in [0.05, 0.1) is 24.5 Å². The molecule has 1 aliphatic carbocycles. The van der Waals surface area contributed by atoms with E-state index in [4.69, 9.17) is 5.11 Å². The molecule has 1 saturated carbocycles. The third kappa shape index (κ3) is 3.82. The van der Waals surface area contributed by atoms with Crippen molar-refractivity contribution in [1.29, 1.82) is 0 Å². The van der Waals surface area contributed by atoms with Crippen molar-refractivity contribution in [2.45, 2.75) is 38.8 Å². The zero-order chi connectivity index (χ0) is 18.0. The van der Waals surface area contributed by atoms with Crippen LogP contribution in [-0.2, 0) is 0 Å². The van der Waals surface area contributed by atoms with Crippen molar-refractivity contribution in [2.24, 2.45) is 0 Å². The number of urea groups is 1. The van der Waals surface area contributed by atoms with E-state index in [-0.39, 0.29) is 30.5 Å². The molecule has 2 aromatic rings. The summed E-state index contributed by atoms with van der Waals surface area (Å²) < 4.78 is 14.8. The molecule has 1 aromatic carbocycles. The summed E-state index contributed by atoms with van der Waals surface area (Å²) in [5, 5.41) is 16.5. The molecule has 1 fully saturated rings. The number of amides is 2. The fourth-order valence-corrected chi connectivity index (χ4v) is 2.98. The van der Waals surface area contributed by atoms with Crippen LogP contribution in [-0.4, -0.2) is 45.0 Å². The summed E-state index contributed by atoms with van der Waals surface area (Å²) in [4.78, 5) is 14.1. The SMILES string of the molecule is Cc1c(C(C)NC(=O)N(CCO)C2CC2)cnn1-c1ccc(F)cc1. The zero-order valence-corrected chi connectivity index (χ0v) is 14.4. The molecule has 1 unspecified atom stereocenters. The molecule has 0 bridgehead atoms. The van der Waals surface area contributed by atoms with Crippen molar-refractivity contribution in [3.63, 3.8) is 0 Å². The molecule has 1 atom stereocenters. The molecule has 6 nitrogen and oxygen atoms in total. The van der Waals surface area contributed by atoms with Gasteiger partial charge in [-0.2, -0.15) is 5.10 Å². The number of rotatable bonds is 6. The first-order chi connectivity index (χ1) is 12.0. The number of aliphatic hydroxyl groups excluding tert-OH is 1. The second-order valence-corrected chi connectivity index (χ2v) is 6.39. The van der Waals surface area contributed by atoms with Crippen LogP contribution in [0.4, 0.5) is 9.18 Å². The zero-order valence-electron chi connectivity index (χ0n) is 14.4. The average molecular weight is 346 g/mol. The highest BCUT2D eigenvalue weighted by atomic mass is 19.1. The van der Waals surface area contributed by atoms with Gasteiger partial charge < -0.3 is 15.3 Å². The molecular formula is C18H23FN4O2. The van der Waals surface area contributed by atoms with Crippen molar-refractivity contribution >= 4 is 6.03 Å². The molecule has 1 heterocycles. The maximum Gasteiger partial charge on any atom is 0.318 e. The molecule has 1 aromatic heterocycles. The van der Waals surface area contributed by atoms with E-state index in [9.17, 15) is 9.18 Å². The minimum absolute atomic E-state index is 0.0418. The predicted molar refractivity (Wildman–Crippen MR) is 92.0 cm³/mol. The highest BCUT2D eigenvalue weighted by molar-refractivity contribution is 5.75. The number of aromatic nitrogens is 2. The van der Waals surface area contributed by atoms with Crippen LogP contribution in [0.5, 0.6) is 0 Å². The highest BCUT2D eigenvalue weighted by Crippen LogP contribution is 2.27. The van der Waals surface area contributed by atoms with Gasteiger partial charge in [-0.25, -0.2) is 13.9 Å². The molecule has 0 saturated heterocycles. The van der Waals surface area contributed by atoms with E-state index in [0.29, 0.717) is 6.54 Å². The second-order valence-electron chi connectivity index (χ2n) is 6.39. The molecule has 7 heteroatoms. The Balaban J connectivity index is 1.73. The first-order valence-corrected chi connectivity index (χ1v) is 8.49. The highest BCUT2D eigenvalue weighted by Gasteiger charge is 2.32. The van der Waals surface area contributed by atoms with E-state index in [1.54, 1.807) is 27.9 Å². The fraction of sp³-hybridized carbons (Fsp3) is 0.444. The predicted octanol–water partition coefficient (Wildman–Crippen LogP) is 2.55. The molecule has 1 aliphatic rings. The van der Waals surface area contributed by atoms with Gasteiger partial charge in [-0.1, -0.05) is 0 Å². The number of halogens is 1. The third-order valence-electron chi connectivity index (χ3n) is 4.51. The minimum Gasteiger partial charge on any atom is -0.395 e. The summed E-state index contributed by atoms with van der Waals surface area (Å²) in [6.07, 6.45) is 3.70. The first kappa shape index (κ1) is 17.4. The van der Waals surface area contributed by atoms with Crippen LogP contribution in [0.1, 0.15) is 37.1 Å². The lowest BCUT2D eigenvalue weighted by Crippen LogP contribution is -2.43. The van der Waals surface area contributed by atoms with Crippen LogP contribution in [0, 0.1) is 12.7 Å². The monoisotopic (exact) mass is 346 g/mol. The van der Waals surface area contributed by atoms with Crippen LogP contribution in [0.3, 0.4) is 0 Å². The fourth-order valence-electron chi connectivity index (χ4n) is 2.98. The molecule has 25 heavy (non-hydrogen) atoms. The Bertz CT molecular complexity index is 740. The minimum atomic E-state index is -0.293. The van der Waals surface area contributed by atoms with Gasteiger partial charge in [0.15, 0.2) is 0 Å². The summed E-state index contributed by atoms with van der Waals surface area (Å²) in [5.74, 6) is -0.293. The Morgan fingerprint density at radius 1 is 1.44 bits per heavy atom. The molecule has 3 rings (SSSR count). The summed E-state index contributed by atoms with van der Waals surface area (Å²) in [7, 11) is 0. The molecule has 134 valence electrons. The van der Waals surface area contributed by atoms with Gasteiger partial charge in [-0.3, -0.25) is 0 Å². The van der Waals surface area contributed by atoms with Crippen LogP contribution in [0.25, 0.3) is 5.69 Å². The van der Waals surface area contributed by atoms with Gasteiger partial charge >= 0.3 is 6.03 Å². The lowest BCUT2D eigenvalue weighted by Gasteiger charge is -2.24. The van der Waals surface area contributed by atoms with E-state index in [1.165, 1.54) is 12.1 Å². The lowest BCUT2D eigenvalue weighted by molar-refractivity contribution is 0.171. The van der Waals surface area contributed by atoms with E-state index < -0.39 is 0 Å². The van der Waals surface area contributed by atoms with Crippen molar-refractivity contribution in [3.05, 3.63) is 47.5 Å². The normalized spacial score (nSPS) is 15.0. The van der Waals surface area contributed by atoms with E-state index in [2.05, 4.69) is 10.4 Å². The van der Waals surface area contributed by atoms with Crippen molar-refractivity contribution in [1.82, 2.24) is 20.0 Å². The first-order valence-electron chi connectivity index (χ1n) is 8.49. The van der Waals surface area contributed by atoms with Crippen LogP contribution in [0.15, 0.2) is 30.5 Å². The van der Waals surface area contributed by atoms with E-state index >= 15 is 0 Å². The number of nitrogens with one attached hydrogen (secondary N) is 1. The van der Waals surface area contributed by atoms with Crippen LogP contribution in [0.2, 0.25) is 0 Å². The number of aliphatic hydroxyl groups is 1. The summed E-state index contributed by atoms with van der Waals surface area (Å²) in [6, 6.07) is 5.96. The topological polar surface area (TPSA) is 70.4 Å². The van der Waals surface area contributed by atoms with Gasteiger partial charge in [0.25, 0.3) is 0 Å². The quantitative estimate of drug-likeness (QED) is 0.844. The standard InChI is InChI=1S/C18H23FN4O2/c1-12(21-18(25)22(9-10-24)15-7-8-15)17-11-20-23(13(17)2)16-5-3-14(19)4-6-16/h3-6,11-12,15,24H,7-10H2,1-2H3,(H,21,25). The second kappa shape index (κ2) is 7.23. The number of carbonyl (C=O) groups excluding carboxylic acids is 1. The number of nitrogens with zero attached hydrogens (tertiary/aromatic N) is 3. The molecular weight excluding hydrogens is 323 g/mol. The largest absolute Gasteiger partial charge is 0.395 e. The third-order valence-corrected chi connectivity index (χ3v) is 4.51. The van der Waals surface area contributed by atoms with Crippen LogP contribution < -0.4 is 5.32 Å². The number of benzene rings is 1. The maximum atomic E-state index is 13.1. The molecule has 0 aliphatic heterocycles. The van der Waals surface area contributed by atoms with Gasteiger partial charge in [0.1, 0.15) is 5.82 Å². The number of hydrogen-bond acceptors (Lipinski definition) is 3. The van der Waals surface area contributed by atoms with Crippen molar-refractivity contribution in [2.75, 3.05) is 13.2 Å². The van der Waals surface area contributed by atoms with Gasteiger partial charge in [-0.15, -0.1) is 0 Å². The maximum absolute atomic E-state index is 13.1. The van der Waals surface area contributed by atoms with Crippen molar-refractivity contribution < 1.29 is 14.3 Å². The average Bonchev–Trinajstić information content (AvgIpc) is 3.35. The Labute approximate surface area is 146 Å². The Kier molecular flexibility index (Phi) is 5.03. The number of carbonyl (C=O) groups is 1. The molecule has 2 amide bonds. The number of hydrogen-bond donors (Lipinski definition) is 2. The van der Waals surface area contributed by atoms with Gasteiger partial charge in [0.2, 0.25) is 0 Å². The van der Waals surface area contributed by atoms with E-state index in [1.807, 2.05) is 13.8 Å². The van der Waals surface area contributed by atoms with Gasteiger partial charge in [0, 0.05) is 23.8 Å². The summed E-state index contributed by atoms with van der Waals surface area (Å²) >= 11 is 0. The Morgan fingerprint density at radius 3 is 2.72 bits per heavy atom. The molecule has 2 N–H and O–H groups in total. The van der Waals surface area contributed by atoms with Crippen molar-refractivity contribution in [3.8, 4) is 5.69 Å². The summed E-state index contributed by atoms with van der Waals surface area (Å²) in [6.45, 7) is 4.12. The van der Waals surface area contributed by atoms with Gasteiger partial charge in [-0.05, 0) is 51.0 Å². The van der Waals surface area contributed by atoms with Crippen LogP contribution >= 0.6 is 0 Å². The Morgan fingerprint density at radius 2 is 2.12 bits per heavy atom. The molecule has 0 spiro atoms. The Hall–Kier alpha value is -2.41. The smallest absolute Gasteiger partial charge is 0.318 e.